The van der Waals surface area contributed by atoms with Crippen LogP contribution in [-0.4, -0.2) is 71.6 Å². The van der Waals surface area contributed by atoms with Crippen molar-refractivity contribution in [3.63, 3.8) is 0 Å². The molecule has 1 saturated heterocycles. The lowest BCUT2D eigenvalue weighted by Crippen LogP contribution is -2.49. The smallest absolute Gasteiger partial charge is 0.244 e. The van der Waals surface area contributed by atoms with Gasteiger partial charge in [-0.05, 0) is 36.4 Å². The van der Waals surface area contributed by atoms with Crippen molar-refractivity contribution in [3.05, 3.63) is 52.5 Å². The molecule has 0 bridgehead atoms. The lowest BCUT2D eigenvalue weighted by molar-refractivity contribution is 0.197. The highest BCUT2D eigenvalue weighted by Crippen LogP contribution is 2.28. The number of piperazine rings is 1. The maximum atomic E-state index is 12.9. The van der Waals surface area contributed by atoms with Crippen molar-refractivity contribution in [1.29, 1.82) is 0 Å². The van der Waals surface area contributed by atoms with Gasteiger partial charge in [-0.15, -0.1) is 0 Å². The molecule has 1 aliphatic rings. The van der Waals surface area contributed by atoms with Crippen LogP contribution in [0.2, 0.25) is 10.0 Å². The van der Waals surface area contributed by atoms with Crippen LogP contribution in [0.3, 0.4) is 0 Å². The van der Waals surface area contributed by atoms with E-state index >= 15 is 0 Å². The quantitative estimate of drug-likeness (QED) is 0.590. The Balaban J connectivity index is 1.61. The normalized spacial score (nSPS) is 16.5. The van der Waals surface area contributed by atoms with Crippen molar-refractivity contribution in [2.24, 2.45) is 0 Å². The molecule has 0 N–H and O–H groups in total. The van der Waals surface area contributed by atoms with E-state index in [9.17, 15) is 16.8 Å². The molecule has 0 aliphatic carbocycles. The van der Waals surface area contributed by atoms with Crippen LogP contribution in [0.1, 0.15) is 0 Å². The third kappa shape index (κ3) is 5.27. The number of halogens is 2. The van der Waals surface area contributed by atoms with Gasteiger partial charge in [0.05, 0.1) is 22.8 Å². The van der Waals surface area contributed by atoms with E-state index in [0.29, 0.717) is 30.4 Å². The first-order valence-electron chi connectivity index (χ1n) is 9.18. The summed E-state index contributed by atoms with van der Waals surface area (Å²) in [6.07, 6.45) is 0. The summed E-state index contributed by atoms with van der Waals surface area (Å²) >= 11 is 12.0. The summed E-state index contributed by atoms with van der Waals surface area (Å²) < 4.78 is 57.4. The van der Waals surface area contributed by atoms with Gasteiger partial charge in [0.25, 0.3) is 0 Å². The van der Waals surface area contributed by atoms with Crippen LogP contribution in [0.25, 0.3) is 0 Å². The van der Waals surface area contributed by atoms with E-state index in [-0.39, 0.29) is 33.7 Å². The molecule has 0 unspecified atom stereocenters. The lowest BCUT2D eigenvalue weighted by Gasteiger charge is -2.34. The molecule has 1 aliphatic heterocycles. The first-order chi connectivity index (χ1) is 14.1. The lowest BCUT2D eigenvalue weighted by atomic mass is 10.3. The monoisotopic (exact) mass is 492 g/mol. The van der Waals surface area contributed by atoms with Gasteiger partial charge in [0, 0.05) is 37.7 Å². The Kier molecular flexibility index (Phi) is 7.32. The van der Waals surface area contributed by atoms with Crippen molar-refractivity contribution in [2.45, 2.75) is 9.79 Å². The molecule has 0 amide bonds. The Bertz CT molecular complexity index is 1120. The fraction of sp³-hybridized carbons (Fsp3) is 0.368. The zero-order valence-electron chi connectivity index (χ0n) is 16.3. The van der Waals surface area contributed by atoms with Gasteiger partial charge < -0.3 is 4.74 Å². The molecule has 0 aromatic heterocycles. The van der Waals surface area contributed by atoms with Crippen molar-refractivity contribution >= 4 is 43.1 Å². The maximum absolute atomic E-state index is 12.9. The van der Waals surface area contributed by atoms with Gasteiger partial charge in [0.2, 0.25) is 10.0 Å². The van der Waals surface area contributed by atoms with Crippen LogP contribution in [0, 0.1) is 0 Å². The summed E-state index contributed by atoms with van der Waals surface area (Å²) in [5, 5.41) is 0.408. The highest BCUT2D eigenvalue weighted by Gasteiger charge is 2.30. The fourth-order valence-corrected chi connectivity index (χ4v) is 6.64. The zero-order chi connectivity index (χ0) is 21.9. The number of nitrogens with zero attached hydrogens (tertiary/aromatic N) is 2. The Labute approximate surface area is 187 Å². The highest BCUT2D eigenvalue weighted by atomic mass is 35.5. The molecule has 1 heterocycles. The molecule has 0 saturated carbocycles. The summed E-state index contributed by atoms with van der Waals surface area (Å²) in [5.41, 5.74) is 0. The van der Waals surface area contributed by atoms with Gasteiger partial charge in [-0.1, -0.05) is 29.3 Å². The van der Waals surface area contributed by atoms with Gasteiger partial charge >= 0.3 is 0 Å². The summed E-state index contributed by atoms with van der Waals surface area (Å²) in [7, 11) is -5.77. The fourth-order valence-electron chi connectivity index (χ4n) is 3.17. The Morgan fingerprint density at radius 2 is 1.67 bits per heavy atom. The molecule has 0 spiro atoms. The number of hydrogen-bond acceptors (Lipinski definition) is 6. The van der Waals surface area contributed by atoms with Crippen molar-refractivity contribution in [2.75, 3.05) is 45.6 Å². The predicted molar refractivity (Wildman–Crippen MR) is 117 cm³/mol. The van der Waals surface area contributed by atoms with E-state index in [1.807, 2.05) is 4.90 Å². The Morgan fingerprint density at radius 1 is 0.967 bits per heavy atom. The maximum Gasteiger partial charge on any atom is 0.244 e. The van der Waals surface area contributed by atoms with Crippen molar-refractivity contribution in [1.82, 2.24) is 9.21 Å². The number of benzene rings is 2. The number of hydrogen-bond donors (Lipinski definition) is 0. The molecular weight excluding hydrogens is 471 g/mol. The average Bonchev–Trinajstić information content (AvgIpc) is 2.74. The minimum atomic E-state index is -3.77. The minimum Gasteiger partial charge on any atom is -0.497 e. The number of sulfone groups is 1. The van der Waals surface area contributed by atoms with Crippen molar-refractivity contribution < 1.29 is 21.6 Å². The summed E-state index contributed by atoms with van der Waals surface area (Å²) in [4.78, 5) is 2.12. The average molecular weight is 493 g/mol. The molecule has 2 aromatic rings. The largest absolute Gasteiger partial charge is 0.497 e. The van der Waals surface area contributed by atoms with Gasteiger partial charge in [-0.3, -0.25) is 4.90 Å². The molecular formula is C19H22Cl2N2O5S2. The number of methoxy groups -OCH3 is 1. The van der Waals surface area contributed by atoms with E-state index < -0.39 is 19.9 Å². The molecule has 2 aromatic carbocycles. The minimum absolute atomic E-state index is 0.0225. The van der Waals surface area contributed by atoms with E-state index in [1.54, 1.807) is 12.1 Å². The second-order valence-corrected chi connectivity index (χ2v) is 11.7. The van der Waals surface area contributed by atoms with Gasteiger partial charge in [-0.2, -0.15) is 4.31 Å². The van der Waals surface area contributed by atoms with Crippen LogP contribution in [0.15, 0.2) is 52.3 Å². The van der Waals surface area contributed by atoms with Crippen molar-refractivity contribution in [3.8, 4) is 5.75 Å². The van der Waals surface area contributed by atoms with E-state index in [0.717, 1.165) is 0 Å². The Hall–Kier alpha value is -1.36. The summed E-state index contributed by atoms with van der Waals surface area (Å²) in [6.45, 7) is 1.64. The van der Waals surface area contributed by atoms with Gasteiger partial charge in [0.15, 0.2) is 9.84 Å². The third-order valence-corrected chi connectivity index (χ3v) is 9.23. The zero-order valence-corrected chi connectivity index (χ0v) is 19.4. The van der Waals surface area contributed by atoms with Crippen LogP contribution < -0.4 is 4.74 Å². The number of sulfonamides is 1. The molecule has 11 heteroatoms. The third-order valence-electron chi connectivity index (χ3n) is 4.92. The topological polar surface area (TPSA) is 84.0 Å². The highest BCUT2D eigenvalue weighted by molar-refractivity contribution is 7.91. The van der Waals surface area contributed by atoms with Gasteiger partial charge in [0.1, 0.15) is 10.6 Å². The predicted octanol–water partition coefficient (Wildman–Crippen LogP) is 2.78. The van der Waals surface area contributed by atoms with Crippen LogP contribution in [0.4, 0.5) is 0 Å². The molecule has 3 rings (SSSR count). The molecule has 164 valence electrons. The van der Waals surface area contributed by atoms with E-state index in [4.69, 9.17) is 27.9 Å². The first-order valence-corrected chi connectivity index (χ1v) is 13.0. The van der Waals surface area contributed by atoms with Crippen LogP contribution in [-0.2, 0) is 19.9 Å². The van der Waals surface area contributed by atoms with Crippen LogP contribution in [0.5, 0.6) is 5.75 Å². The Morgan fingerprint density at radius 3 is 2.33 bits per heavy atom. The van der Waals surface area contributed by atoms with E-state index in [1.165, 1.54) is 41.7 Å². The SMILES string of the molecule is COc1cccc(S(=O)(=O)CCN2CCN(S(=O)(=O)c3cc(Cl)ccc3Cl)CC2)c1. The second kappa shape index (κ2) is 9.42. The standard InChI is InChI=1S/C19H22Cl2N2O5S2/c1-28-16-3-2-4-17(14-16)29(24,25)12-11-22-7-9-23(10-8-22)30(26,27)19-13-15(20)5-6-18(19)21/h2-6,13-14H,7-12H2,1H3. The van der Waals surface area contributed by atoms with Gasteiger partial charge in [-0.25, -0.2) is 16.8 Å². The molecule has 30 heavy (non-hydrogen) atoms. The second-order valence-electron chi connectivity index (χ2n) is 6.82. The molecule has 0 atom stereocenters. The molecule has 1 fully saturated rings. The molecule has 7 nitrogen and oxygen atoms in total. The van der Waals surface area contributed by atoms with Crippen LogP contribution >= 0.6 is 23.2 Å². The number of ether oxygens (including phenoxy) is 1. The first kappa shape index (κ1) is 23.3. The van der Waals surface area contributed by atoms with E-state index in [2.05, 4.69) is 0 Å². The molecule has 0 radical (unpaired) electrons. The summed E-state index contributed by atoms with van der Waals surface area (Å²) in [6, 6.07) is 10.7. The number of rotatable bonds is 7. The summed E-state index contributed by atoms with van der Waals surface area (Å²) in [5.74, 6) is 0.419.